The van der Waals surface area contributed by atoms with Crippen LogP contribution in [-0.4, -0.2) is 17.3 Å². The van der Waals surface area contributed by atoms with E-state index in [0.717, 1.165) is 33.1 Å². The Bertz CT molecular complexity index is 2040. The first-order chi connectivity index (χ1) is 20.9. The number of azo groups is 2. The highest BCUT2D eigenvalue weighted by molar-refractivity contribution is 5.96. The van der Waals surface area contributed by atoms with E-state index in [0.29, 0.717) is 28.2 Å². The standard InChI is InChI=1S/C35H29N5O3/c1-21-8-7-9-23-17-27(13-14-28(21)23)37-39-31-19-32(41)30(20-33(31)43-3)38-40-34-22(2)16-24-18-26(12-15-29(24)35(34)42)36-25-10-5-4-6-11-25/h4-20,36,41-42H,1-3H3. The molecule has 0 saturated carbocycles. The van der Waals surface area contributed by atoms with E-state index in [1.807, 2.05) is 91.9 Å². The number of phenolic OH excluding ortho intramolecular Hbond substituents is 2. The number of aromatic hydroxyl groups is 2. The lowest BCUT2D eigenvalue weighted by atomic mass is 10.0. The average Bonchev–Trinajstić information content (AvgIpc) is 3.01. The van der Waals surface area contributed by atoms with Gasteiger partial charge in [-0.25, -0.2) is 0 Å². The van der Waals surface area contributed by atoms with Crippen LogP contribution in [0.3, 0.4) is 0 Å². The van der Waals surface area contributed by atoms with E-state index in [1.165, 1.54) is 24.8 Å². The molecule has 0 amide bonds. The molecule has 0 heterocycles. The van der Waals surface area contributed by atoms with E-state index >= 15 is 0 Å². The zero-order chi connectivity index (χ0) is 29.9. The molecule has 0 spiro atoms. The molecule has 3 N–H and O–H groups in total. The minimum Gasteiger partial charge on any atom is -0.506 e. The van der Waals surface area contributed by atoms with E-state index in [1.54, 1.807) is 0 Å². The van der Waals surface area contributed by atoms with E-state index in [4.69, 9.17) is 4.74 Å². The van der Waals surface area contributed by atoms with Gasteiger partial charge in [-0.1, -0.05) is 42.5 Å². The number of methoxy groups -OCH3 is 1. The van der Waals surface area contributed by atoms with Crippen molar-refractivity contribution in [3.8, 4) is 17.2 Å². The summed E-state index contributed by atoms with van der Waals surface area (Å²) in [4.78, 5) is 0. The third-order valence-electron chi connectivity index (χ3n) is 7.23. The lowest BCUT2D eigenvalue weighted by Crippen LogP contribution is -1.90. The number of ether oxygens (including phenoxy) is 1. The number of anilines is 2. The number of hydrogen-bond donors (Lipinski definition) is 3. The highest BCUT2D eigenvalue weighted by atomic mass is 16.5. The molecule has 0 aliphatic rings. The van der Waals surface area contributed by atoms with Gasteiger partial charge >= 0.3 is 0 Å². The second kappa shape index (κ2) is 11.6. The summed E-state index contributed by atoms with van der Waals surface area (Å²) in [5.41, 5.74) is 5.28. The molecule has 0 saturated heterocycles. The smallest absolute Gasteiger partial charge is 0.151 e. The molecule has 0 fully saturated rings. The molecule has 0 atom stereocenters. The Morgan fingerprint density at radius 3 is 2.21 bits per heavy atom. The van der Waals surface area contributed by atoms with Crippen LogP contribution in [0.15, 0.2) is 124 Å². The second-order valence-corrected chi connectivity index (χ2v) is 10.2. The molecule has 43 heavy (non-hydrogen) atoms. The van der Waals surface area contributed by atoms with Crippen LogP contribution in [0.5, 0.6) is 17.2 Å². The topological polar surface area (TPSA) is 111 Å². The van der Waals surface area contributed by atoms with Crippen molar-refractivity contribution < 1.29 is 14.9 Å². The maximum atomic E-state index is 11.1. The number of aryl methyl sites for hydroxylation is 2. The molecule has 6 rings (SSSR count). The van der Waals surface area contributed by atoms with Gasteiger partial charge < -0.3 is 20.3 Å². The highest BCUT2D eigenvalue weighted by Crippen LogP contribution is 2.43. The van der Waals surface area contributed by atoms with Crippen LogP contribution in [0.25, 0.3) is 21.5 Å². The molecule has 212 valence electrons. The molecule has 8 nitrogen and oxygen atoms in total. The first-order valence-electron chi connectivity index (χ1n) is 13.7. The summed E-state index contributed by atoms with van der Waals surface area (Å²) in [6.45, 7) is 3.92. The highest BCUT2D eigenvalue weighted by Gasteiger charge is 2.14. The fourth-order valence-corrected chi connectivity index (χ4v) is 4.98. The van der Waals surface area contributed by atoms with E-state index in [9.17, 15) is 10.2 Å². The molecule has 0 unspecified atom stereocenters. The molecule has 0 radical (unpaired) electrons. The first kappa shape index (κ1) is 27.4. The van der Waals surface area contributed by atoms with Gasteiger partial charge in [-0.15, -0.1) is 15.3 Å². The van der Waals surface area contributed by atoms with Crippen molar-refractivity contribution in [1.29, 1.82) is 0 Å². The number of para-hydroxylation sites is 1. The van der Waals surface area contributed by atoms with Crippen LogP contribution < -0.4 is 10.1 Å². The van der Waals surface area contributed by atoms with Crippen LogP contribution in [0, 0.1) is 13.8 Å². The van der Waals surface area contributed by atoms with Gasteiger partial charge in [0.15, 0.2) is 5.75 Å². The summed E-state index contributed by atoms with van der Waals surface area (Å²) >= 11 is 0. The zero-order valence-electron chi connectivity index (χ0n) is 23.9. The number of hydrogen-bond acceptors (Lipinski definition) is 8. The maximum Gasteiger partial charge on any atom is 0.151 e. The molecule has 0 aromatic heterocycles. The third kappa shape index (κ3) is 5.71. The summed E-state index contributed by atoms with van der Waals surface area (Å²) in [6.07, 6.45) is 0. The SMILES string of the molecule is COc1cc(N=Nc2c(C)cc3cc(Nc4ccccc4)ccc3c2O)c(O)cc1N=Nc1ccc2c(C)cccc2c1. The van der Waals surface area contributed by atoms with Crippen LogP contribution >= 0.6 is 0 Å². The summed E-state index contributed by atoms with van der Waals surface area (Å²) in [6, 6.07) is 32.5. The Labute approximate surface area is 248 Å². The number of phenols is 2. The lowest BCUT2D eigenvalue weighted by Gasteiger charge is -2.11. The predicted octanol–water partition coefficient (Wildman–Crippen LogP) is 10.6. The molecular weight excluding hydrogens is 538 g/mol. The summed E-state index contributed by atoms with van der Waals surface area (Å²) in [5.74, 6) is 0.222. The predicted molar refractivity (Wildman–Crippen MR) is 172 cm³/mol. The number of nitrogens with one attached hydrogen (secondary N) is 1. The monoisotopic (exact) mass is 567 g/mol. The first-order valence-corrected chi connectivity index (χ1v) is 13.7. The van der Waals surface area contributed by atoms with Gasteiger partial charge in [0, 0.05) is 28.9 Å². The normalized spacial score (nSPS) is 11.6. The molecule has 6 aromatic rings. The number of rotatable bonds is 7. The molecule has 0 aliphatic heterocycles. The van der Waals surface area contributed by atoms with E-state index in [2.05, 4.69) is 38.8 Å². The van der Waals surface area contributed by atoms with Crippen molar-refractivity contribution in [1.82, 2.24) is 0 Å². The quantitative estimate of drug-likeness (QED) is 0.167. The van der Waals surface area contributed by atoms with Gasteiger partial charge in [-0.05, 0) is 89.7 Å². The summed E-state index contributed by atoms with van der Waals surface area (Å²) in [5, 5.41) is 46.1. The van der Waals surface area contributed by atoms with Crippen LogP contribution in [0.1, 0.15) is 11.1 Å². The average molecular weight is 568 g/mol. The Hall–Kier alpha value is -5.76. The second-order valence-electron chi connectivity index (χ2n) is 10.2. The van der Waals surface area contributed by atoms with Gasteiger partial charge in [0.2, 0.25) is 0 Å². The molecular formula is C35H29N5O3. The van der Waals surface area contributed by atoms with Crippen LogP contribution in [-0.2, 0) is 0 Å². The van der Waals surface area contributed by atoms with Crippen molar-refractivity contribution in [2.24, 2.45) is 20.5 Å². The molecule has 8 heteroatoms. The Balaban J connectivity index is 1.26. The van der Waals surface area contributed by atoms with Crippen molar-refractivity contribution in [2.75, 3.05) is 12.4 Å². The van der Waals surface area contributed by atoms with Crippen molar-refractivity contribution in [3.05, 3.63) is 114 Å². The molecule has 6 aromatic carbocycles. The van der Waals surface area contributed by atoms with Crippen molar-refractivity contribution in [3.63, 3.8) is 0 Å². The van der Waals surface area contributed by atoms with Gasteiger partial charge in [0.25, 0.3) is 0 Å². The van der Waals surface area contributed by atoms with Crippen LogP contribution in [0.4, 0.5) is 34.1 Å². The van der Waals surface area contributed by atoms with Gasteiger partial charge in [-0.3, -0.25) is 0 Å². The molecule has 0 aliphatic carbocycles. The fourth-order valence-electron chi connectivity index (χ4n) is 4.98. The van der Waals surface area contributed by atoms with Crippen LogP contribution in [0.2, 0.25) is 0 Å². The molecule has 0 bridgehead atoms. The van der Waals surface area contributed by atoms with Gasteiger partial charge in [0.1, 0.15) is 28.6 Å². The maximum absolute atomic E-state index is 11.1. The minimum absolute atomic E-state index is 0.00691. The van der Waals surface area contributed by atoms with Gasteiger partial charge in [-0.2, -0.15) is 5.11 Å². The fraction of sp³-hybridized carbons (Fsp3) is 0.0857. The largest absolute Gasteiger partial charge is 0.506 e. The number of nitrogens with zero attached hydrogens (tertiary/aromatic N) is 4. The zero-order valence-corrected chi connectivity index (χ0v) is 23.9. The number of fused-ring (bicyclic) bond motifs is 2. The van der Waals surface area contributed by atoms with E-state index < -0.39 is 0 Å². The van der Waals surface area contributed by atoms with Crippen molar-refractivity contribution in [2.45, 2.75) is 13.8 Å². The van der Waals surface area contributed by atoms with Crippen molar-refractivity contribution >= 4 is 55.7 Å². The summed E-state index contributed by atoms with van der Waals surface area (Å²) < 4.78 is 5.50. The Morgan fingerprint density at radius 1 is 0.605 bits per heavy atom. The Morgan fingerprint density at radius 2 is 1.40 bits per heavy atom. The van der Waals surface area contributed by atoms with E-state index in [-0.39, 0.29) is 17.2 Å². The lowest BCUT2D eigenvalue weighted by molar-refractivity contribution is 0.413. The van der Waals surface area contributed by atoms with Gasteiger partial charge in [0.05, 0.1) is 12.8 Å². The Kier molecular flexibility index (Phi) is 7.41. The number of benzene rings is 6. The summed E-state index contributed by atoms with van der Waals surface area (Å²) in [7, 11) is 1.51. The third-order valence-corrected chi connectivity index (χ3v) is 7.23. The minimum atomic E-state index is -0.151.